The fourth-order valence-electron chi connectivity index (χ4n) is 3.59. The summed E-state index contributed by atoms with van der Waals surface area (Å²) in [5, 5.41) is 4.28. The topological polar surface area (TPSA) is 127 Å². The minimum atomic E-state index is -0.571. The minimum Gasteiger partial charge on any atom is -0.457 e. The molecule has 0 unspecified atom stereocenters. The zero-order chi connectivity index (χ0) is 23.9. The molecule has 2 fully saturated rings. The summed E-state index contributed by atoms with van der Waals surface area (Å²) in [4.78, 5) is 30.0. The van der Waals surface area contributed by atoms with Gasteiger partial charge in [-0.1, -0.05) is 12.1 Å². The molecule has 182 valence electrons. The number of carbonyl (C=O) groups is 1. The molecule has 2 aliphatic rings. The lowest BCUT2D eigenvalue weighted by atomic mass is 10.2. The number of hydrogen-bond acceptors (Lipinski definition) is 12. The van der Waals surface area contributed by atoms with Crippen molar-refractivity contribution in [2.45, 2.75) is 0 Å². The Hall–Kier alpha value is -4.03. The Morgan fingerprint density at radius 1 is 0.943 bits per heavy atom. The van der Waals surface area contributed by atoms with Crippen molar-refractivity contribution in [3.63, 3.8) is 0 Å². The van der Waals surface area contributed by atoms with Crippen LogP contribution in [-0.4, -0.2) is 79.7 Å². The molecule has 0 atom stereocenters. The number of hydrazone groups is 1. The second-order valence-electron chi connectivity index (χ2n) is 7.77. The third kappa shape index (κ3) is 5.91. The largest absolute Gasteiger partial charge is 0.457 e. The molecule has 4 heterocycles. The first-order valence-electron chi connectivity index (χ1n) is 11.3. The van der Waals surface area contributed by atoms with Crippen LogP contribution in [-0.2, 0) is 9.47 Å². The van der Waals surface area contributed by atoms with E-state index in [4.69, 9.17) is 18.6 Å². The number of benzene rings is 1. The van der Waals surface area contributed by atoms with E-state index in [0.717, 1.165) is 5.56 Å². The highest BCUT2D eigenvalue weighted by Gasteiger charge is 2.20. The van der Waals surface area contributed by atoms with Crippen LogP contribution in [0.15, 0.2) is 52.2 Å². The Bertz CT molecular complexity index is 1120. The van der Waals surface area contributed by atoms with E-state index in [1.165, 1.54) is 6.26 Å². The molecule has 0 spiro atoms. The van der Waals surface area contributed by atoms with Crippen LogP contribution < -0.4 is 20.0 Å². The Morgan fingerprint density at radius 3 is 2.26 bits per heavy atom. The summed E-state index contributed by atoms with van der Waals surface area (Å²) in [5.41, 5.74) is 3.62. The number of aromatic nitrogens is 3. The van der Waals surface area contributed by atoms with Gasteiger partial charge in [0.05, 0.1) is 38.9 Å². The number of rotatable bonds is 7. The van der Waals surface area contributed by atoms with Gasteiger partial charge in [-0.25, -0.2) is 10.2 Å². The van der Waals surface area contributed by atoms with Crippen molar-refractivity contribution in [2.24, 2.45) is 5.10 Å². The molecule has 1 N–H and O–H groups in total. The fraction of sp³-hybridized carbons (Fsp3) is 0.348. The Kier molecular flexibility index (Phi) is 7.10. The van der Waals surface area contributed by atoms with Crippen LogP contribution in [0.1, 0.15) is 16.1 Å². The van der Waals surface area contributed by atoms with Crippen molar-refractivity contribution in [3.05, 3.63) is 54.0 Å². The average Bonchev–Trinajstić information content (AvgIpc) is 3.45. The highest BCUT2D eigenvalue weighted by Crippen LogP contribution is 2.19. The van der Waals surface area contributed by atoms with Gasteiger partial charge < -0.3 is 28.4 Å². The number of nitrogens with zero attached hydrogens (tertiary/aromatic N) is 6. The normalized spacial score (nSPS) is 16.5. The van der Waals surface area contributed by atoms with E-state index in [2.05, 4.69) is 35.3 Å². The third-order valence-corrected chi connectivity index (χ3v) is 5.37. The third-order valence-electron chi connectivity index (χ3n) is 5.37. The first-order valence-corrected chi connectivity index (χ1v) is 11.3. The number of nitrogens with one attached hydrogen (secondary N) is 1. The molecule has 2 aliphatic heterocycles. The molecule has 0 radical (unpaired) electrons. The van der Waals surface area contributed by atoms with Crippen LogP contribution in [0.3, 0.4) is 0 Å². The van der Waals surface area contributed by atoms with Crippen molar-refractivity contribution in [1.82, 2.24) is 15.0 Å². The number of hydrogen-bond donors (Lipinski definition) is 1. The summed E-state index contributed by atoms with van der Waals surface area (Å²) in [6.45, 7) is 5.33. The van der Waals surface area contributed by atoms with Crippen LogP contribution in [0.25, 0.3) is 0 Å². The highest BCUT2D eigenvalue weighted by molar-refractivity contribution is 5.88. The number of anilines is 3. The molecule has 0 saturated carbocycles. The van der Waals surface area contributed by atoms with Gasteiger partial charge in [-0.05, 0) is 29.8 Å². The number of ether oxygens (including phenoxy) is 3. The molecule has 0 aliphatic carbocycles. The van der Waals surface area contributed by atoms with Crippen LogP contribution in [0.4, 0.5) is 17.8 Å². The lowest BCUT2D eigenvalue weighted by Gasteiger charge is -2.30. The predicted molar refractivity (Wildman–Crippen MR) is 127 cm³/mol. The van der Waals surface area contributed by atoms with Crippen molar-refractivity contribution >= 4 is 30.0 Å². The number of esters is 1. The van der Waals surface area contributed by atoms with Crippen LogP contribution in [0.5, 0.6) is 5.75 Å². The van der Waals surface area contributed by atoms with Gasteiger partial charge in [-0.15, -0.1) is 0 Å². The summed E-state index contributed by atoms with van der Waals surface area (Å²) >= 11 is 0. The molecule has 5 rings (SSSR count). The highest BCUT2D eigenvalue weighted by atomic mass is 16.5. The molecule has 2 aromatic heterocycles. The van der Waals surface area contributed by atoms with Crippen molar-refractivity contribution in [1.29, 1.82) is 0 Å². The fourth-order valence-corrected chi connectivity index (χ4v) is 3.59. The molecule has 12 nitrogen and oxygen atoms in total. The predicted octanol–water partition coefficient (Wildman–Crippen LogP) is 1.80. The molecule has 2 saturated heterocycles. The minimum absolute atomic E-state index is 0.132. The van der Waals surface area contributed by atoms with E-state index in [1.54, 1.807) is 36.5 Å². The SMILES string of the molecule is O=C(Oc1cccc(/C=N\Nc2nc(N3CCOCC3)nc(N3CCOCC3)n2)c1)c1ccco1. The molecule has 0 bridgehead atoms. The Labute approximate surface area is 201 Å². The second kappa shape index (κ2) is 10.9. The maximum Gasteiger partial charge on any atom is 0.379 e. The van der Waals surface area contributed by atoms with E-state index in [1.807, 2.05) is 6.07 Å². The van der Waals surface area contributed by atoms with E-state index in [9.17, 15) is 4.79 Å². The molecule has 12 heteroatoms. The molecular formula is C23H25N7O5. The summed E-state index contributed by atoms with van der Waals surface area (Å²) < 4.78 is 21.3. The quantitative estimate of drug-likeness (QED) is 0.231. The summed E-state index contributed by atoms with van der Waals surface area (Å²) in [5.74, 6) is 1.43. The van der Waals surface area contributed by atoms with Crippen molar-refractivity contribution < 1.29 is 23.4 Å². The van der Waals surface area contributed by atoms with Gasteiger partial charge in [-0.2, -0.15) is 20.1 Å². The van der Waals surface area contributed by atoms with Crippen LogP contribution in [0.2, 0.25) is 0 Å². The molecular weight excluding hydrogens is 454 g/mol. The maximum absolute atomic E-state index is 12.1. The molecule has 0 amide bonds. The number of carbonyl (C=O) groups excluding carboxylic acids is 1. The maximum atomic E-state index is 12.1. The number of furan rings is 1. The van der Waals surface area contributed by atoms with Gasteiger partial charge in [-0.3, -0.25) is 0 Å². The zero-order valence-corrected chi connectivity index (χ0v) is 19.0. The van der Waals surface area contributed by atoms with E-state index >= 15 is 0 Å². The lowest BCUT2D eigenvalue weighted by molar-refractivity contribution is 0.0701. The average molecular weight is 479 g/mol. The number of morpholine rings is 2. The standard InChI is InChI=1S/C23H25N7O5/c31-20(19-5-2-10-34-19)35-18-4-1-3-17(15-18)16-24-28-21-25-22(29-6-11-32-12-7-29)27-23(26-21)30-8-13-33-14-9-30/h1-5,10,15-16H,6-9,11-14H2,(H,25,26,27,28)/b24-16-. The Balaban J connectivity index is 1.30. The van der Waals surface area contributed by atoms with Crippen LogP contribution in [0, 0.1) is 0 Å². The molecule has 35 heavy (non-hydrogen) atoms. The van der Waals surface area contributed by atoms with Crippen molar-refractivity contribution in [3.8, 4) is 5.75 Å². The van der Waals surface area contributed by atoms with Gasteiger partial charge in [0.2, 0.25) is 23.6 Å². The Morgan fingerprint density at radius 2 is 1.63 bits per heavy atom. The first kappa shape index (κ1) is 22.7. The zero-order valence-electron chi connectivity index (χ0n) is 19.0. The van der Waals surface area contributed by atoms with Crippen LogP contribution >= 0.6 is 0 Å². The van der Waals surface area contributed by atoms with Gasteiger partial charge in [0.1, 0.15) is 5.75 Å². The molecule has 3 aromatic rings. The van der Waals surface area contributed by atoms with E-state index < -0.39 is 5.97 Å². The summed E-state index contributed by atoms with van der Waals surface area (Å²) in [6, 6.07) is 10.1. The van der Waals surface area contributed by atoms with Gasteiger partial charge >= 0.3 is 5.97 Å². The monoisotopic (exact) mass is 479 g/mol. The van der Waals surface area contributed by atoms with E-state index in [-0.39, 0.29) is 5.76 Å². The second-order valence-corrected chi connectivity index (χ2v) is 7.77. The van der Waals surface area contributed by atoms with Gasteiger partial charge in [0, 0.05) is 26.2 Å². The summed E-state index contributed by atoms with van der Waals surface area (Å²) in [7, 11) is 0. The van der Waals surface area contributed by atoms with E-state index in [0.29, 0.717) is 76.2 Å². The smallest absolute Gasteiger partial charge is 0.379 e. The molecule has 1 aromatic carbocycles. The van der Waals surface area contributed by atoms with Gasteiger partial charge in [0.15, 0.2) is 0 Å². The van der Waals surface area contributed by atoms with Gasteiger partial charge in [0.25, 0.3) is 0 Å². The first-order chi connectivity index (χ1) is 17.2. The van der Waals surface area contributed by atoms with Crippen molar-refractivity contribution in [2.75, 3.05) is 67.8 Å². The summed E-state index contributed by atoms with van der Waals surface area (Å²) in [6.07, 6.45) is 3.01. The lowest BCUT2D eigenvalue weighted by Crippen LogP contribution is -2.40.